The Balaban J connectivity index is 0.00000392. The van der Waals surface area contributed by atoms with Crippen LogP contribution in [0.4, 0.5) is 0 Å². The summed E-state index contributed by atoms with van der Waals surface area (Å²) in [4.78, 5) is 15.8. The molecule has 10 heteroatoms. The summed E-state index contributed by atoms with van der Waals surface area (Å²) in [5, 5.41) is 2.73. The molecule has 0 fully saturated rings. The molecule has 2 aromatic rings. The van der Waals surface area contributed by atoms with Crippen molar-refractivity contribution < 1.29 is 13.2 Å². The Morgan fingerprint density at radius 2 is 1.72 bits per heavy atom. The molecule has 1 amide bonds. The monoisotopic (exact) mass is 462 g/mol. The van der Waals surface area contributed by atoms with E-state index < -0.39 is 10.0 Å². The number of hydrogen-bond acceptors (Lipinski definition) is 5. The summed E-state index contributed by atoms with van der Waals surface area (Å²) in [7, 11) is -3.66. The van der Waals surface area contributed by atoms with Crippen molar-refractivity contribution in [2.45, 2.75) is 37.1 Å². The topological polar surface area (TPSA) is 114 Å². The molecule has 0 aliphatic heterocycles. The number of rotatable bonds is 9. The fraction of sp³-hybridized carbons (Fsp3) is 0.368. The Kier molecular flexibility index (Phi) is 12.0. The highest BCUT2D eigenvalue weighted by Gasteiger charge is 2.14. The normalized spacial score (nSPS) is 11.9. The van der Waals surface area contributed by atoms with Gasteiger partial charge in [0.1, 0.15) is 4.90 Å². The Labute approximate surface area is 184 Å². The Morgan fingerprint density at radius 3 is 2.28 bits per heavy atom. The molecule has 1 aromatic heterocycles. The van der Waals surface area contributed by atoms with Crippen molar-refractivity contribution >= 4 is 40.7 Å². The highest BCUT2D eigenvalue weighted by molar-refractivity contribution is 7.89. The molecule has 1 heterocycles. The molecule has 162 valence electrons. The smallest absolute Gasteiger partial charge is 0.242 e. The van der Waals surface area contributed by atoms with Gasteiger partial charge in [0.25, 0.3) is 0 Å². The molecule has 1 aromatic carbocycles. The quantitative estimate of drug-likeness (QED) is 0.529. The molecule has 0 bridgehead atoms. The van der Waals surface area contributed by atoms with Gasteiger partial charge >= 0.3 is 0 Å². The maximum Gasteiger partial charge on any atom is 0.242 e. The van der Waals surface area contributed by atoms with Gasteiger partial charge in [0.2, 0.25) is 15.9 Å². The number of carbonyl (C=O) groups excluding carboxylic acids is 1. The molecule has 0 saturated carbocycles. The summed E-state index contributed by atoms with van der Waals surface area (Å²) in [5.41, 5.74) is 8.28. The second-order valence-corrected chi connectivity index (χ2v) is 8.34. The van der Waals surface area contributed by atoms with Gasteiger partial charge in [-0.25, -0.2) is 13.1 Å². The van der Waals surface area contributed by atoms with E-state index in [-0.39, 0.29) is 61.2 Å². The number of carbonyl (C=O) groups is 1. The lowest BCUT2D eigenvalue weighted by atomic mass is 9.99. The third-order valence-corrected chi connectivity index (χ3v) is 5.59. The summed E-state index contributed by atoms with van der Waals surface area (Å²) < 4.78 is 26.5. The van der Waals surface area contributed by atoms with Gasteiger partial charge in [-0.05, 0) is 29.2 Å². The second-order valence-electron chi connectivity index (χ2n) is 6.57. The summed E-state index contributed by atoms with van der Waals surface area (Å²) >= 11 is 0. The largest absolute Gasteiger partial charge is 0.354 e. The van der Waals surface area contributed by atoms with Gasteiger partial charge in [-0.1, -0.05) is 38.1 Å². The molecular formula is C19H28Cl2N4O3S. The first-order valence-corrected chi connectivity index (χ1v) is 10.3. The fourth-order valence-corrected chi connectivity index (χ4v) is 3.44. The van der Waals surface area contributed by atoms with Crippen LogP contribution in [-0.4, -0.2) is 32.4 Å². The van der Waals surface area contributed by atoms with Crippen LogP contribution in [-0.2, 0) is 14.8 Å². The van der Waals surface area contributed by atoms with E-state index in [1.165, 1.54) is 30.1 Å². The highest BCUT2D eigenvalue weighted by atomic mass is 35.5. The average Bonchev–Trinajstić information content (AvgIpc) is 2.66. The summed E-state index contributed by atoms with van der Waals surface area (Å²) in [6, 6.07) is 10.7. The highest BCUT2D eigenvalue weighted by Crippen LogP contribution is 2.17. The molecule has 0 aliphatic carbocycles. The van der Waals surface area contributed by atoms with Gasteiger partial charge in [0, 0.05) is 37.9 Å². The average molecular weight is 463 g/mol. The minimum absolute atomic E-state index is 0. The number of nitrogens with zero attached hydrogens (tertiary/aromatic N) is 1. The van der Waals surface area contributed by atoms with Crippen LogP contribution in [0.2, 0.25) is 0 Å². The van der Waals surface area contributed by atoms with Gasteiger partial charge in [0.05, 0.1) is 0 Å². The van der Waals surface area contributed by atoms with Crippen LogP contribution in [0, 0.1) is 0 Å². The van der Waals surface area contributed by atoms with Crippen molar-refractivity contribution in [1.29, 1.82) is 0 Å². The zero-order valence-corrected chi connectivity index (χ0v) is 18.8. The molecule has 29 heavy (non-hydrogen) atoms. The third kappa shape index (κ3) is 8.67. The zero-order chi connectivity index (χ0) is 19.9. The van der Waals surface area contributed by atoms with Gasteiger partial charge in [0.15, 0.2) is 0 Å². The standard InChI is InChI=1S/C19H26N4O3S.2ClH/c1-14(2)15-5-7-16(8-6-15)18(20)13-22-19(24)9-11-23-27(25,26)17-4-3-10-21-12-17;;/h3-8,10,12,14,18,23H,9,11,13,20H2,1-2H3,(H,22,24);2*1H. The molecule has 7 nitrogen and oxygen atoms in total. The lowest BCUT2D eigenvalue weighted by Crippen LogP contribution is -2.34. The van der Waals surface area contributed by atoms with Crippen LogP contribution in [0.3, 0.4) is 0 Å². The van der Waals surface area contributed by atoms with Gasteiger partial charge < -0.3 is 11.1 Å². The van der Waals surface area contributed by atoms with Crippen LogP contribution >= 0.6 is 24.8 Å². The van der Waals surface area contributed by atoms with Crippen LogP contribution in [0.25, 0.3) is 0 Å². The number of hydrogen-bond donors (Lipinski definition) is 3. The van der Waals surface area contributed by atoms with E-state index in [1.807, 2.05) is 24.3 Å². The van der Waals surface area contributed by atoms with Gasteiger partial charge in [-0.3, -0.25) is 9.78 Å². The number of amides is 1. The summed E-state index contributed by atoms with van der Waals surface area (Å²) in [6.45, 7) is 4.53. The first kappa shape index (κ1) is 27.3. The number of aromatic nitrogens is 1. The van der Waals surface area contributed by atoms with Crippen molar-refractivity contribution in [3.8, 4) is 0 Å². The molecular weight excluding hydrogens is 435 g/mol. The minimum Gasteiger partial charge on any atom is -0.354 e. The van der Waals surface area contributed by atoms with Gasteiger partial charge in [-0.15, -0.1) is 24.8 Å². The van der Waals surface area contributed by atoms with Crippen molar-refractivity contribution in [1.82, 2.24) is 15.0 Å². The Morgan fingerprint density at radius 1 is 1.10 bits per heavy atom. The van der Waals surface area contributed by atoms with E-state index >= 15 is 0 Å². The first-order valence-electron chi connectivity index (χ1n) is 8.81. The van der Waals surface area contributed by atoms with Crippen molar-refractivity contribution in [3.63, 3.8) is 0 Å². The molecule has 0 spiro atoms. The second kappa shape index (κ2) is 12.8. The number of benzene rings is 1. The SMILES string of the molecule is CC(C)c1ccc(C(N)CNC(=O)CCNS(=O)(=O)c2cccnc2)cc1.Cl.Cl. The molecule has 2 rings (SSSR count). The number of sulfonamides is 1. The van der Waals surface area contributed by atoms with E-state index in [1.54, 1.807) is 0 Å². The Bertz CT molecular complexity index is 848. The fourth-order valence-electron chi connectivity index (χ4n) is 2.45. The molecule has 1 unspecified atom stereocenters. The predicted octanol–water partition coefficient (Wildman–Crippen LogP) is 2.53. The van der Waals surface area contributed by atoms with Crippen LogP contribution in [0.1, 0.15) is 43.4 Å². The maximum atomic E-state index is 12.0. The lowest BCUT2D eigenvalue weighted by Gasteiger charge is -2.15. The van der Waals surface area contributed by atoms with Crippen LogP contribution in [0.5, 0.6) is 0 Å². The molecule has 1 atom stereocenters. The maximum absolute atomic E-state index is 12.0. The van der Waals surface area contributed by atoms with E-state index in [9.17, 15) is 13.2 Å². The first-order chi connectivity index (χ1) is 12.8. The summed E-state index contributed by atoms with van der Waals surface area (Å²) in [5.74, 6) is 0.184. The molecule has 0 aliphatic rings. The number of nitrogens with one attached hydrogen (secondary N) is 2. The van der Waals surface area contributed by atoms with Crippen molar-refractivity contribution in [3.05, 3.63) is 59.9 Å². The molecule has 0 radical (unpaired) electrons. The van der Waals surface area contributed by atoms with Crippen molar-refractivity contribution in [2.24, 2.45) is 5.73 Å². The van der Waals surface area contributed by atoms with E-state index in [2.05, 4.69) is 28.9 Å². The lowest BCUT2D eigenvalue weighted by molar-refractivity contribution is -0.121. The number of halogens is 2. The summed E-state index contributed by atoms with van der Waals surface area (Å²) in [6.07, 6.45) is 2.77. The van der Waals surface area contributed by atoms with Crippen molar-refractivity contribution in [2.75, 3.05) is 13.1 Å². The van der Waals surface area contributed by atoms with E-state index in [0.717, 1.165) is 5.56 Å². The van der Waals surface area contributed by atoms with Crippen LogP contribution in [0.15, 0.2) is 53.7 Å². The minimum atomic E-state index is -3.66. The van der Waals surface area contributed by atoms with E-state index in [0.29, 0.717) is 5.92 Å². The van der Waals surface area contributed by atoms with Gasteiger partial charge in [-0.2, -0.15) is 0 Å². The Hall–Kier alpha value is -1.71. The van der Waals surface area contributed by atoms with Crippen LogP contribution < -0.4 is 15.8 Å². The number of pyridine rings is 1. The zero-order valence-electron chi connectivity index (χ0n) is 16.4. The third-order valence-electron chi connectivity index (χ3n) is 4.14. The number of nitrogens with two attached hydrogens (primary N) is 1. The predicted molar refractivity (Wildman–Crippen MR) is 119 cm³/mol. The molecule has 0 saturated heterocycles. The molecule has 4 N–H and O–H groups in total. The van der Waals surface area contributed by atoms with E-state index in [4.69, 9.17) is 5.73 Å².